The lowest BCUT2D eigenvalue weighted by molar-refractivity contribution is 0.0985. The number of hydrogen-bond donors (Lipinski definition) is 1. The Bertz CT molecular complexity index is 133. The molecule has 0 heterocycles. The van der Waals surface area contributed by atoms with Crippen LogP contribution in [0.15, 0.2) is 0 Å². The Morgan fingerprint density at radius 1 is 1.21 bits per heavy atom. The molecule has 0 aliphatic heterocycles. The summed E-state index contributed by atoms with van der Waals surface area (Å²) in [6.07, 6.45) is 3.54. The standard InChI is InChI=1S/C12H28N2/c1-6-11(4)9-14(5)12(7-2,8-3)10-13/h11H,6-10,13H2,1-5H3. The van der Waals surface area contributed by atoms with E-state index in [1.165, 1.54) is 6.42 Å². The third-order valence-corrected chi connectivity index (χ3v) is 3.79. The van der Waals surface area contributed by atoms with Gasteiger partial charge in [-0.25, -0.2) is 0 Å². The van der Waals surface area contributed by atoms with E-state index in [0.29, 0.717) is 0 Å². The lowest BCUT2D eigenvalue weighted by Gasteiger charge is -2.41. The highest BCUT2D eigenvalue weighted by Crippen LogP contribution is 2.22. The van der Waals surface area contributed by atoms with Crippen LogP contribution in [0.2, 0.25) is 0 Å². The highest BCUT2D eigenvalue weighted by Gasteiger charge is 2.29. The van der Waals surface area contributed by atoms with E-state index in [4.69, 9.17) is 5.73 Å². The molecule has 0 rings (SSSR count). The van der Waals surface area contributed by atoms with Crippen LogP contribution in [-0.2, 0) is 0 Å². The summed E-state index contributed by atoms with van der Waals surface area (Å²) < 4.78 is 0. The average molecular weight is 200 g/mol. The van der Waals surface area contributed by atoms with Crippen molar-refractivity contribution in [3.63, 3.8) is 0 Å². The van der Waals surface area contributed by atoms with E-state index < -0.39 is 0 Å². The molecule has 1 atom stereocenters. The van der Waals surface area contributed by atoms with Gasteiger partial charge in [-0.3, -0.25) is 4.90 Å². The molecule has 14 heavy (non-hydrogen) atoms. The fraction of sp³-hybridized carbons (Fsp3) is 1.00. The molecular weight excluding hydrogens is 172 g/mol. The molecule has 0 aliphatic carbocycles. The predicted octanol–water partition coefficient (Wildman–Crippen LogP) is 2.48. The van der Waals surface area contributed by atoms with Crippen molar-refractivity contribution in [1.29, 1.82) is 0 Å². The van der Waals surface area contributed by atoms with E-state index in [0.717, 1.165) is 31.8 Å². The summed E-state index contributed by atoms with van der Waals surface area (Å²) >= 11 is 0. The van der Waals surface area contributed by atoms with Gasteiger partial charge >= 0.3 is 0 Å². The Kier molecular flexibility index (Phi) is 6.38. The molecule has 0 saturated heterocycles. The number of rotatable bonds is 7. The monoisotopic (exact) mass is 200 g/mol. The Balaban J connectivity index is 4.35. The highest BCUT2D eigenvalue weighted by atomic mass is 15.2. The molecule has 0 fully saturated rings. The molecule has 0 radical (unpaired) electrons. The van der Waals surface area contributed by atoms with E-state index in [1.807, 2.05) is 0 Å². The maximum absolute atomic E-state index is 5.91. The zero-order chi connectivity index (χ0) is 11.2. The molecule has 0 aromatic rings. The molecule has 0 aromatic heterocycles. The zero-order valence-corrected chi connectivity index (χ0v) is 10.6. The third kappa shape index (κ3) is 3.25. The van der Waals surface area contributed by atoms with E-state index in [1.54, 1.807) is 0 Å². The average Bonchev–Trinajstić information content (AvgIpc) is 2.21. The van der Waals surface area contributed by atoms with Crippen LogP contribution >= 0.6 is 0 Å². The van der Waals surface area contributed by atoms with Gasteiger partial charge in [0.05, 0.1) is 0 Å². The van der Waals surface area contributed by atoms with Gasteiger partial charge in [0, 0.05) is 18.6 Å². The smallest absolute Gasteiger partial charge is 0.0323 e. The van der Waals surface area contributed by atoms with Crippen LogP contribution in [0.25, 0.3) is 0 Å². The Labute approximate surface area is 89.9 Å². The number of hydrogen-bond acceptors (Lipinski definition) is 2. The molecule has 2 nitrogen and oxygen atoms in total. The van der Waals surface area contributed by atoms with Gasteiger partial charge in [-0.2, -0.15) is 0 Å². The van der Waals surface area contributed by atoms with Gasteiger partial charge < -0.3 is 5.73 Å². The number of likely N-dealkylation sites (N-methyl/N-ethyl adjacent to an activating group) is 1. The van der Waals surface area contributed by atoms with Crippen molar-refractivity contribution >= 4 is 0 Å². The van der Waals surface area contributed by atoms with Crippen LogP contribution in [0, 0.1) is 5.92 Å². The second kappa shape index (κ2) is 6.41. The van der Waals surface area contributed by atoms with Gasteiger partial charge in [0.1, 0.15) is 0 Å². The molecule has 0 aliphatic rings. The molecule has 2 N–H and O–H groups in total. The summed E-state index contributed by atoms with van der Waals surface area (Å²) in [5.41, 5.74) is 6.13. The van der Waals surface area contributed by atoms with E-state index in [2.05, 4.69) is 39.6 Å². The normalized spacial score (nSPS) is 14.8. The fourth-order valence-electron chi connectivity index (χ4n) is 2.02. The summed E-state index contributed by atoms with van der Waals surface area (Å²) in [5.74, 6) is 0.768. The molecule has 86 valence electrons. The molecule has 0 spiro atoms. The zero-order valence-electron chi connectivity index (χ0n) is 10.6. The first-order chi connectivity index (χ1) is 6.56. The minimum atomic E-state index is 0.226. The van der Waals surface area contributed by atoms with Crippen molar-refractivity contribution in [1.82, 2.24) is 4.90 Å². The predicted molar refractivity (Wildman–Crippen MR) is 64.5 cm³/mol. The van der Waals surface area contributed by atoms with E-state index in [-0.39, 0.29) is 5.54 Å². The largest absolute Gasteiger partial charge is 0.329 e. The SMILES string of the molecule is CCC(C)CN(C)C(CC)(CC)CN. The van der Waals surface area contributed by atoms with Crippen LogP contribution in [0.4, 0.5) is 0 Å². The van der Waals surface area contributed by atoms with Gasteiger partial charge in [-0.05, 0) is 25.8 Å². The van der Waals surface area contributed by atoms with E-state index in [9.17, 15) is 0 Å². The highest BCUT2D eigenvalue weighted by molar-refractivity contribution is 4.88. The fourth-order valence-corrected chi connectivity index (χ4v) is 2.02. The summed E-state index contributed by atoms with van der Waals surface area (Å²) in [6, 6.07) is 0. The first kappa shape index (κ1) is 13.9. The van der Waals surface area contributed by atoms with Crippen molar-refractivity contribution in [2.24, 2.45) is 11.7 Å². The van der Waals surface area contributed by atoms with Crippen molar-refractivity contribution in [2.45, 2.75) is 52.5 Å². The maximum Gasteiger partial charge on any atom is 0.0323 e. The molecule has 2 heteroatoms. The Hall–Kier alpha value is -0.0800. The second-order valence-electron chi connectivity index (χ2n) is 4.53. The molecule has 0 saturated carbocycles. The molecule has 0 bridgehead atoms. The quantitative estimate of drug-likeness (QED) is 0.684. The second-order valence-corrected chi connectivity index (χ2v) is 4.53. The maximum atomic E-state index is 5.91. The summed E-state index contributed by atoms with van der Waals surface area (Å²) in [5, 5.41) is 0. The minimum absolute atomic E-state index is 0.226. The summed E-state index contributed by atoms with van der Waals surface area (Å²) in [6.45, 7) is 11.0. The van der Waals surface area contributed by atoms with Gasteiger partial charge in [-0.1, -0.05) is 34.1 Å². The van der Waals surface area contributed by atoms with Gasteiger partial charge in [0.2, 0.25) is 0 Å². The van der Waals surface area contributed by atoms with Crippen LogP contribution in [0.3, 0.4) is 0 Å². The molecule has 1 unspecified atom stereocenters. The van der Waals surface area contributed by atoms with Gasteiger partial charge in [-0.15, -0.1) is 0 Å². The van der Waals surface area contributed by atoms with Gasteiger partial charge in [0.15, 0.2) is 0 Å². The number of nitrogens with two attached hydrogens (primary N) is 1. The lowest BCUT2D eigenvalue weighted by Crippen LogP contribution is -2.52. The van der Waals surface area contributed by atoms with Crippen LogP contribution in [-0.4, -0.2) is 30.6 Å². The molecular formula is C12H28N2. The van der Waals surface area contributed by atoms with Crippen molar-refractivity contribution < 1.29 is 0 Å². The van der Waals surface area contributed by atoms with Crippen LogP contribution < -0.4 is 5.73 Å². The van der Waals surface area contributed by atoms with Crippen molar-refractivity contribution in [3.8, 4) is 0 Å². The van der Waals surface area contributed by atoms with Crippen LogP contribution in [0.5, 0.6) is 0 Å². The van der Waals surface area contributed by atoms with Gasteiger partial charge in [0.25, 0.3) is 0 Å². The topological polar surface area (TPSA) is 29.3 Å². The first-order valence-corrected chi connectivity index (χ1v) is 5.97. The summed E-state index contributed by atoms with van der Waals surface area (Å²) in [4.78, 5) is 2.46. The summed E-state index contributed by atoms with van der Waals surface area (Å²) in [7, 11) is 2.21. The van der Waals surface area contributed by atoms with E-state index >= 15 is 0 Å². The van der Waals surface area contributed by atoms with Crippen molar-refractivity contribution in [3.05, 3.63) is 0 Å². The van der Waals surface area contributed by atoms with Crippen LogP contribution in [0.1, 0.15) is 47.0 Å². The Morgan fingerprint density at radius 3 is 2.00 bits per heavy atom. The molecule has 0 amide bonds. The minimum Gasteiger partial charge on any atom is -0.329 e. The Morgan fingerprint density at radius 2 is 1.71 bits per heavy atom. The van der Waals surface area contributed by atoms with Crippen molar-refractivity contribution in [2.75, 3.05) is 20.1 Å². The first-order valence-electron chi connectivity index (χ1n) is 5.97. The lowest BCUT2D eigenvalue weighted by atomic mass is 9.90. The third-order valence-electron chi connectivity index (χ3n) is 3.79. The number of nitrogens with zero attached hydrogens (tertiary/aromatic N) is 1. The molecule has 0 aromatic carbocycles.